The zero-order chi connectivity index (χ0) is 22.4. The van der Waals surface area contributed by atoms with E-state index >= 15 is 0 Å². The van der Waals surface area contributed by atoms with E-state index in [-0.39, 0.29) is 22.8 Å². The number of rotatable bonds is 3. The minimum absolute atomic E-state index is 0.0176. The van der Waals surface area contributed by atoms with Gasteiger partial charge in [-0.25, -0.2) is 0 Å². The third kappa shape index (κ3) is 3.80. The molecule has 6 N–H and O–H groups in total. The Bertz CT molecular complexity index is 975. The lowest BCUT2D eigenvalue weighted by atomic mass is 9.92. The number of carbonyl (C=O) groups excluding carboxylic acids is 1. The van der Waals surface area contributed by atoms with Gasteiger partial charge in [0.25, 0.3) is 0 Å². The van der Waals surface area contributed by atoms with Crippen molar-refractivity contribution in [2.45, 2.75) is 49.8 Å². The van der Waals surface area contributed by atoms with Crippen molar-refractivity contribution in [1.29, 1.82) is 0 Å². The van der Waals surface area contributed by atoms with Gasteiger partial charge in [-0.3, -0.25) is 4.79 Å². The van der Waals surface area contributed by atoms with Crippen molar-refractivity contribution in [3.63, 3.8) is 0 Å². The van der Waals surface area contributed by atoms with Crippen LogP contribution in [0.5, 0.6) is 23.0 Å². The van der Waals surface area contributed by atoms with Gasteiger partial charge in [0.15, 0.2) is 18.5 Å². The predicted molar refractivity (Wildman–Crippen MR) is 103 cm³/mol. The molecule has 1 fully saturated rings. The lowest BCUT2D eigenvalue weighted by Gasteiger charge is -2.42. The molecule has 2 aromatic rings. The van der Waals surface area contributed by atoms with Gasteiger partial charge in [-0.1, -0.05) is 12.1 Å². The van der Waals surface area contributed by atoms with Gasteiger partial charge in [0.2, 0.25) is 5.78 Å². The fourth-order valence-corrected chi connectivity index (χ4v) is 3.72. The van der Waals surface area contributed by atoms with Gasteiger partial charge < -0.3 is 44.8 Å². The van der Waals surface area contributed by atoms with E-state index < -0.39 is 54.4 Å². The zero-order valence-corrected chi connectivity index (χ0v) is 16.3. The SMILES string of the molecule is C[C@H]1OC(OC2C(=O)c3c(O)cc(O)cc3OC2c2ccc(O)cc2)[C@@H](O)[C@@H](O)[C@@H]1O. The van der Waals surface area contributed by atoms with Crippen LogP contribution in [-0.4, -0.2) is 73.2 Å². The van der Waals surface area contributed by atoms with E-state index in [1.165, 1.54) is 37.3 Å². The Balaban J connectivity index is 1.73. The van der Waals surface area contributed by atoms with Crippen LogP contribution in [0, 0.1) is 0 Å². The maximum absolute atomic E-state index is 13.3. The van der Waals surface area contributed by atoms with Crippen molar-refractivity contribution < 1.29 is 49.6 Å². The Morgan fingerprint density at radius 2 is 1.58 bits per heavy atom. The molecule has 2 aromatic carbocycles. The van der Waals surface area contributed by atoms with Crippen molar-refractivity contribution in [3.05, 3.63) is 47.5 Å². The van der Waals surface area contributed by atoms with E-state index in [9.17, 15) is 35.4 Å². The first kappa shape index (κ1) is 21.3. The molecule has 0 spiro atoms. The number of hydrogen-bond donors (Lipinski definition) is 6. The summed E-state index contributed by atoms with van der Waals surface area (Å²) >= 11 is 0. The summed E-state index contributed by atoms with van der Waals surface area (Å²) < 4.78 is 17.0. The number of fused-ring (bicyclic) bond motifs is 1. The maximum atomic E-state index is 13.3. The molecule has 0 amide bonds. The Labute approximate surface area is 176 Å². The highest BCUT2D eigenvalue weighted by Gasteiger charge is 2.48. The van der Waals surface area contributed by atoms with Gasteiger partial charge in [-0.2, -0.15) is 0 Å². The molecule has 0 radical (unpaired) electrons. The van der Waals surface area contributed by atoms with Gasteiger partial charge >= 0.3 is 0 Å². The van der Waals surface area contributed by atoms with Crippen molar-refractivity contribution in [1.82, 2.24) is 0 Å². The van der Waals surface area contributed by atoms with Crippen LogP contribution in [0.2, 0.25) is 0 Å². The first-order valence-electron chi connectivity index (χ1n) is 9.58. The van der Waals surface area contributed by atoms with Gasteiger partial charge in [0, 0.05) is 12.1 Å². The van der Waals surface area contributed by atoms with Crippen LogP contribution in [0.25, 0.3) is 0 Å². The molecule has 2 aliphatic rings. The molecule has 1 saturated heterocycles. The summed E-state index contributed by atoms with van der Waals surface area (Å²) in [6, 6.07) is 7.90. The number of carbonyl (C=O) groups is 1. The average Bonchev–Trinajstić information content (AvgIpc) is 2.72. The van der Waals surface area contributed by atoms with E-state index in [2.05, 4.69) is 0 Å². The van der Waals surface area contributed by atoms with Gasteiger partial charge in [0.05, 0.1) is 6.10 Å². The third-order valence-electron chi connectivity index (χ3n) is 5.41. The van der Waals surface area contributed by atoms with Gasteiger partial charge in [0.1, 0.15) is 46.9 Å². The zero-order valence-electron chi connectivity index (χ0n) is 16.3. The number of phenolic OH excluding ortho intramolecular Hbond substituents is 3. The maximum Gasteiger partial charge on any atom is 0.203 e. The lowest BCUT2D eigenvalue weighted by molar-refractivity contribution is -0.304. The minimum Gasteiger partial charge on any atom is -0.508 e. The molecule has 166 valence electrons. The molecule has 4 rings (SSSR count). The number of hydrogen-bond acceptors (Lipinski definition) is 10. The second kappa shape index (κ2) is 7.98. The average molecular weight is 434 g/mol. The smallest absolute Gasteiger partial charge is 0.203 e. The highest BCUT2D eigenvalue weighted by Crippen LogP contribution is 2.43. The van der Waals surface area contributed by atoms with Crippen LogP contribution in [0.1, 0.15) is 28.9 Å². The van der Waals surface area contributed by atoms with Crippen LogP contribution in [0.4, 0.5) is 0 Å². The van der Waals surface area contributed by atoms with Crippen molar-refractivity contribution >= 4 is 5.78 Å². The molecule has 7 atom stereocenters. The van der Waals surface area contributed by atoms with Crippen molar-refractivity contribution in [3.8, 4) is 23.0 Å². The minimum atomic E-state index is -1.66. The molecule has 10 nitrogen and oxygen atoms in total. The quantitative estimate of drug-likeness (QED) is 0.396. The van der Waals surface area contributed by atoms with Crippen LogP contribution in [0.3, 0.4) is 0 Å². The molecule has 0 aromatic heterocycles. The molecule has 2 aliphatic heterocycles. The predicted octanol–water partition coefficient (Wildman–Crippen LogP) is 0.332. The third-order valence-corrected chi connectivity index (χ3v) is 5.41. The number of ether oxygens (including phenoxy) is 3. The number of benzene rings is 2. The fourth-order valence-electron chi connectivity index (χ4n) is 3.72. The molecule has 10 heteroatoms. The number of aliphatic hydroxyl groups excluding tert-OH is 3. The number of aromatic hydroxyl groups is 3. The van der Waals surface area contributed by atoms with Crippen LogP contribution in [-0.2, 0) is 9.47 Å². The van der Waals surface area contributed by atoms with E-state index in [1.54, 1.807) is 0 Å². The Kier molecular flexibility index (Phi) is 5.50. The molecular formula is C21H22O10. The molecular weight excluding hydrogens is 412 g/mol. The van der Waals surface area contributed by atoms with E-state index in [0.29, 0.717) is 5.56 Å². The summed E-state index contributed by atoms with van der Waals surface area (Å²) in [5, 5.41) is 59.8. The highest BCUT2D eigenvalue weighted by molar-refractivity contribution is 6.05. The number of aliphatic hydroxyl groups is 3. The van der Waals surface area contributed by atoms with Gasteiger partial charge in [-0.15, -0.1) is 0 Å². The molecule has 0 bridgehead atoms. The Hall–Kier alpha value is -2.89. The van der Waals surface area contributed by atoms with Crippen LogP contribution < -0.4 is 4.74 Å². The fraction of sp³-hybridized carbons (Fsp3) is 0.381. The first-order chi connectivity index (χ1) is 14.7. The largest absolute Gasteiger partial charge is 0.508 e. The van der Waals surface area contributed by atoms with E-state index in [4.69, 9.17) is 14.2 Å². The Morgan fingerprint density at radius 1 is 0.903 bits per heavy atom. The van der Waals surface area contributed by atoms with Crippen molar-refractivity contribution in [2.24, 2.45) is 0 Å². The number of ketones is 1. The summed E-state index contributed by atoms with van der Waals surface area (Å²) in [6.07, 6.45) is -9.49. The molecule has 2 heterocycles. The van der Waals surface area contributed by atoms with Gasteiger partial charge in [-0.05, 0) is 24.6 Å². The number of phenols is 3. The van der Waals surface area contributed by atoms with E-state index in [1.807, 2.05) is 0 Å². The number of Topliss-reactive ketones (excluding diaryl/α,β-unsaturated/α-hetero) is 1. The van der Waals surface area contributed by atoms with Crippen molar-refractivity contribution in [2.75, 3.05) is 0 Å². The molecule has 3 unspecified atom stereocenters. The second-order valence-electron chi connectivity index (χ2n) is 7.57. The monoisotopic (exact) mass is 434 g/mol. The summed E-state index contributed by atoms with van der Waals surface area (Å²) in [4.78, 5) is 13.3. The topological polar surface area (TPSA) is 166 Å². The standard InChI is InChI=1S/C21H22O10/c1-8-15(25)17(27)18(28)21(29-8)31-20-16(26)14-12(24)6-11(23)7-13(14)30-19(20)9-2-4-10(22)5-3-9/h2-8,15,17-25,27-28H,1H3/t8-,15-,17+,18+,19?,20?,21?/m1/s1. The van der Waals surface area contributed by atoms with E-state index in [0.717, 1.165) is 6.07 Å². The molecule has 31 heavy (non-hydrogen) atoms. The molecule has 0 aliphatic carbocycles. The normalized spacial score (nSPS) is 32.9. The first-order valence-corrected chi connectivity index (χ1v) is 9.58. The summed E-state index contributed by atoms with van der Waals surface area (Å²) in [5.74, 6) is -1.64. The summed E-state index contributed by atoms with van der Waals surface area (Å²) in [7, 11) is 0. The second-order valence-corrected chi connectivity index (χ2v) is 7.57. The van der Waals surface area contributed by atoms with Crippen LogP contribution >= 0.6 is 0 Å². The Morgan fingerprint density at radius 3 is 2.26 bits per heavy atom. The van der Waals surface area contributed by atoms with Crippen LogP contribution in [0.15, 0.2) is 36.4 Å². The summed E-state index contributed by atoms with van der Waals surface area (Å²) in [6.45, 7) is 1.47. The molecule has 0 saturated carbocycles. The highest BCUT2D eigenvalue weighted by atomic mass is 16.7. The lowest BCUT2D eigenvalue weighted by Crippen LogP contribution is -2.59. The summed E-state index contributed by atoms with van der Waals surface area (Å²) in [5.41, 5.74) is 0.195.